The number of hydrogen-bond donors (Lipinski definition) is 0. The molecule has 1 unspecified atom stereocenters. The molecule has 164 valence electrons. The Labute approximate surface area is 179 Å². The fourth-order valence-corrected chi connectivity index (χ4v) is 6.19. The van der Waals surface area contributed by atoms with Crippen LogP contribution in [0.25, 0.3) is 0 Å². The number of hydrogen-bond acceptors (Lipinski definition) is 3. The zero-order valence-electron chi connectivity index (χ0n) is 18.5. The summed E-state index contributed by atoms with van der Waals surface area (Å²) < 4.78 is 13.6. The summed E-state index contributed by atoms with van der Waals surface area (Å²) in [4.78, 5) is 32.8. The van der Waals surface area contributed by atoms with E-state index < -0.39 is 0 Å². The molecule has 30 heavy (non-hydrogen) atoms. The Morgan fingerprint density at radius 2 is 1.87 bits per heavy atom. The van der Waals surface area contributed by atoms with Crippen molar-refractivity contribution in [2.45, 2.75) is 40.0 Å². The lowest BCUT2D eigenvalue weighted by atomic mass is 9.60. The van der Waals surface area contributed by atoms with Gasteiger partial charge in [-0.1, -0.05) is 19.9 Å². The summed E-state index contributed by atoms with van der Waals surface area (Å²) in [5.41, 5.74) is 0.0238. The van der Waals surface area contributed by atoms with Crippen LogP contribution in [0.4, 0.5) is 4.39 Å². The first kappa shape index (κ1) is 21.3. The third kappa shape index (κ3) is 3.43. The number of benzene rings is 1. The van der Waals surface area contributed by atoms with E-state index in [9.17, 15) is 14.0 Å². The molecular weight excluding hydrogens is 381 g/mol. The third-order valence-corrected chi connectivity index (χ3v) is 7.62. The molecule has 0 radical (unpaired) electrons. The highest BCUT2D eigenvalue weighted by Gasteiger charge is 2.64. The molecule has 3 saturated heterocycles. The van der Waals surface area contributed by atoms with Gasteiger partial charge in [0.2, 0.25) is 5.91 Å². The van der Waals surface area contributed by atoms with E-state index in [1.807, 2.05) is 9.80 Å². The molecule has 2 spiro atoms. The van der Waals surface area contributed by atoms with Crippen LogP contribution in [0.5, 0.6) is 0 Å². The van der Waals surface area contributed by atoms with Gasteiger partial charge in [-0.2, -0.15) is 0 Å². The zero-order valence-corrected chi connectivity index (χ0v) is 18.5. The summed E-state index contributed by atoms with van der Waals surface area (Å²) in [6, 6.07) is 5.93. The highest BCUT2D eigenvalue weighted by atomic mass is 19.1. The molecule has 0 aromatic heterocycles. The van der Waals surface area contributed by atoms with E-state index in [-0.39, 0.29) is 22.6 Å². The van der Waals surface area contributed by atoms with Crippen LogP contribution in [0.1, 0.15) is 50.4 Å². The highest BCUT2D eigenvalue weighted by Crippen LogP contribution is 2.57. The normalized spacial score (nSPS) is 26.5. The Morgan fingerprint density at radius 1 is 1.13 bits per heavy atom. The van der Waals surface area contributed by atoms with Crippen molar-refractivity contribution >= 4 is 11.8 Å². The lowest BCUT2D eigenvalue weighted by Crippen LogP contribution is -2.53. The maximum absolute atomic E-state index is 13.6. The predicted molar refractivity (Wildman–Crippen MR) is 115 cm³/mol. The minimum Gasteiger partial charge on any atom is -0.342 e. The minimum absolute atomic E-state index is 0.0678. The molecule has 3 aliphatic rings. The summed E-state index contributed by atoms with van der Waals surface area (Å²) in [6.07, 6.45) is 2.60. The van der Waals surface area contributed by atoms with Gasteiger partial charge in [0.05, 0.1) is 5.41 Å². The molecule has 6 heteroatoms. The molecule has 3 heterocycles. The number of halogens is 1. The Kier molecular flexibility index (Phi) is 5.64. The van der Waals surface area contributed by atoms with E-state index >= 15 is 0 Å². The lowest BCUT2D eigenvalue weighted by Gasteiger charge is -2.47. The van der Waals surface area contributed by atoms with E-state index in [1.54, 1.807) is 12.1 Å². The SMILES string of the molecule is CCN1CCC2(CN(CC(C)C)CC23CCN(C(=O)c2cccc(F)c2)CC3)C1=O. The largest absolute Gasteiger partial charge is 0.342 e. The number of carbonyl (C=O) groups is 2. The molecule has 4 rings (SSSR count). The molecule has 3 fully saturated rings. The molecule has 0 N–H and O–H groups in total. The standard InChI is InChI=1S/C24H34FN3O2/c1-4-27-13-10-24(22(27)30)17-26(15-18(2)3)16-23(24)8-11-28(12-9-23)21(29)19-6-5-7-20(25)14-19/h5-7,14,18H,4,8-13,15-17H2,1-3H3. The first-order valence-corrected chi connectivity index (χ1v) is 11.4. The Balaban J connectivity index is 1.55. The molecule has 0 saturated carbocycles. The molecule has 0 aliphatic carbocycles. The number of rotatable bonds is 4. The second kappa shape index (κ2) is 7.95. The summed E-state index contributed by atoms with van der Waals surface area (Å²) in [7, 11) is 0. The summed E-state index contributed by atoms with van der Waals surface area (Å²) in [5.74, 6) is 0.389. The molecule has 1 aromatic carbocycles. The molecule has 1 aromatic rings. The quantitative estimate of drug-likeness (QED) is 0.758. The van der Waals surface area contributed by atoms with Crippen LogP contribution in [-0.4, -0.2) is 72.3 Å². The highest BCUT2D eigenvalue weighted by molar-refractivity contribution is 5.94. The van der Waals surface area contributed by atoms with E-state index in [4.69, 9.17) is 0 Å². The van der Waals surface area contributed by atoms with Crippen LogP contribution < -0.4 is 0 Å². The van der Waals surface area contributed by atoms with Crippen molar-refractivity contribution in [3.63, 3.8) is 0 Å². The van der Waals surface area contributed by atoms with Gasteiger partial charge in [-0.05, 0) is 50.3 Å². The van der Waals surface area contributed by atoms with Gasteiger partial charge in [0.15, 0.2) is 0 Å². The predicted octanol–water partition coefficient (Wildman–Crippen LogP) is 3.26. The number of piperidine rings is 1. The number of likely N-dealkylation sites (tertiary alicyclic amines) is 3. The summed E-state index contributed by atoms with van der Waals surface area (Å²) >= 11 is 0. The average molecular weight is 416 g/mol. The van der Waals surface area contributed by atoms with Crippen molar-refractivity contribution < 1.29 is 14.0 Å². The fraction of sp³-hybridized carbons (Fsp3) is 0.667. The number of carbonyl (C=O) groups excluding carboxylic acids is 2. The summed E-state index contributed by atoms with van der Waals surface area (Å²) in [5, 5.41) is 0. The number of nitrogens with zero attached hydrogens (tertiary/aromatic N) is 3. The van der Waals surface area contributed by atoms with E-state index in [2.05, 4.69) is 25.7 Å². The molecule has 1 atom stereocenters. The average Bonchev–Trinajstić information content (AvgIpc) is 3.19. The van der Waals surface area contributed by atoms with E-state index in [0.29, 0.717) is 30.5 Å². The molecule has 2 amide bonds. The van der Waals surface area contributed by atoms with Crippen molar-refractivity contribution in [1.29, 1.82) is 0 Å². The Bertz CT molecular complexity index is 818. The summed E-state index contributed by atoms with van der Waals surface area (Å²) in [6.45, 7) is 12.2. The smallest absolute Gasteiger partial charge is 0.253 e. The van der Waals surface area contributed by atoms with Crippen molar-refractivity contribution in [1.82, 2.24) is 14.7 Å². The van der Waals surface area contributed by atoms with Gasteiger partial charge in [-0.15, -0.1) is 0 Å². The van der Waals surface area contributed by atoms with Crippen LogP contribution in [0.3, 0.4) is 0 Å². The van der Waals surface area contributed by atoms with Gasteiger partial charge in [0.25, 0.3) is 5.91 Å². The van der Waals surface area contributed by atoms with E-state index in [0.717, 1.165) is 52.0 Å². The Hall–Kier alpha value is -1.95. The number of amides is 2. The van der Waals surface area contributed by atoms with Crippen LogP contribution in [-0.2, 0) is 4.79 Å². The van der Waals surface area contributed by atoms with Gasteiger partial charge in [0.1, 0.15) is 5.82 Å². The van der Waals surface area contributed by atoms with Gasteiger partial charge < -0.3 is 14.7 Å². The molecule has 3 aliphatic heterocycles. The van der Waals surface area contributed by atoms with Crippen molar-refractivity contribution in [3.8, 4) is 0 Å². The van der Waals surface area contributed by atoms with Crippen LogP contribution in [0.2, 0.25) is 0 Å². The zero-order chi connectivity index (χ0) is 21.5. The maximum Gasteiger partial charge on any atom is 0.253 e. The molecular formula is C24H34FN3O2. The second-order valence-electron chi connectivity index (χ2n) is 9.86. The monoisotopic (exact) mass is 415 g/mol. The van der Waals surface area contributed by atoms with Crippen LogP contribution in [0, 0.1) is 22.6 Å². The maximum atomic E-state index is 13.6. The first-order valence-electron chi connectivity index (χ1n) is 11.4. The second-order valence-corrected chi connectivity index (χ2v) is 9.86. The number of fused-ring (bicyclic) bond motifs is 1. The van der Waals surface area contributed by atoms with Crippen molar-refractivity contribution in [3.05, 3.63) is 35.6 Å². The topological polar surface area (TPSA) is 43.9 Å². The van der Waals surface area contributed by atoms with Crippen molar-refractivity contribution in [2.24, 2.45) is 16.7 Å². The van der Waals surface area contributed by atoms with Crippen molar-refractivity contribution in [2.75, 3.05) is 45.8 Å². The fourth-order valence-electron chi connectivity index (χ4n) is 6.19. The van der Waals surface area contributed by atoms with Gasteiger partial charge in [-0.3, -0.25) is 9.59 Å². The first-order chi connectivity index (χ1) is 14.3. The molecule has 0 bridgehead atoms. The Morgan fingerprint density at radius 3 is 2.47 bits per heavy atom. The van der Waals surface area contributed by atoms with Crippen LogP contribution >= 0.6 is 0 Å². The molecule has 5 nitrogen and oxygen atoms in total. The minimum atomic E-state index is -0.385. The van der Waals surface area contributed by atoms with E-state index in [1.165, 1.54) is 12.1 Å². The van der Waals surface area contributed by atoms with Crippen LogP contribution in [0.15, 0.2) is 24.3 Å². The van der Waals surface area contributed by atoms with Gasteiger partial charge >= 0.3 is 0 Å². The third-order valence-electron chi connectivity index (χ3n) is 7.62. The van der Waals surface area contributed by atoms with Gasteiger partial charge in [0, 0.05) is 56.8 Å². The lowest BCUT2D eigenvalue weighted by molar-refractivity contribution is -0.141. The van der Waals surface area contributed by atoms with Gasteiger partial charge in [-0.25, -0.2) is 4.39 Å².